The predicted octanol–water partition coefficient (Wildman–Crippen LogP) is 3.00. The summed E-state index contributed by atoms with van der Waals surface area (Å²) in [5.74, 6) is 21.5. The summed E-state index contributed by atoms with van der Waals surface area (Å²) in [6.07, 6.45) is 0. The molecule has 22 heavy (non-hydrogen) atoms. The molecular formula is C16H12N6. The first-order valence-corrected chi connectivity index (χ1v) is 6.27. The van der Waals surface area contributed by atoms with Crippen LogP contribution in [0.2, 0.25) is 0 Å². The summed E-state index contributed by atoms with van der Waals surface area (Å²) in [6.45, 7) is 0. The molecule has 106 valence electrons. The first-order chi connectivity index (χ1) is 10.8. The predicted molar refractivity (Wildman–Crippen MR) is 84.0 cm³/mol. The SMILES string of the molecule is NN=Nc1ccccc1C#CC#Cc1ccccc1N=NN. The van der Waals surface area contributed by atoms with E-state index in [4.69, 9.17) is 11.7 Å². The van der Waals surface area contributed by atoms with Gasteiger partial charge in [-0.1, -0.05) is 46.6 Å². The molecule has 0 unspecified atom stereocenters. The maximum atomic E-state index is 5.06. The first-order valence-electron chi connectivity index (χ1n) is 6.27. The van der Waals surface area contributed by atoms with Crippen LogP contribution >= 0.6 is 0 Å². The second-order valence-electron chi connectivity index (χ2n) is 3.97. The van der Waals surface area contributed by atoms with E-state index < -0.39 is 0 Å². The molecule has 2 aromatic rings. The van der Waals surface area contributed by atoms with Crippen molar-refractivity contribution in [3.63, 3.8) is 0 Å². The Morgan fingerprint density at radius 2 is 1.05 bits per heavy atom. The molecule has 0 heterocycles. The van der Waals surface area contributed by atoms with Crippen molar-refractivity contribution in [1.82, 2.24) is 0 Å². The maximum absolute atomic E-state index is 5.06. The molecule has 0 aliphatic rings. The molecule has 0 aliphatic heterocycles. The first kappa shape index (κ1) is 14.8. The molecule has 2 rings (SSSR count). The highest BCUT2D eigenvalue weighted by Gasteiger charge is 1.96. The molecule has 6 heteroatoms. The molecule has 0 radical (unpaired) electrons. The van der Waals surface area contributed by atoms with Crippen LogP contribution in [0.4, 0.5) is 11.4 Å². The fourth-order valence-electron chi connectivity index (χ4n) is 1.65. The zero-order valence-electron chi connectivity index (χ0n) is 11.6. The van der Waals surface area contributed by atoms with E-state index in [2.05, 4.69) is 44.4 Å². The Balaban J connectivity index is 2.27. The van der Waals surface area contributed by atoms with Gasteiger partial charge in [0.25, 0.3) is 0 Å². The quantitative estimate of drug-likeness (QED) is 0.384. The van der Waals surface area contributed by atoms with E-state index in [0.29, 0.717) is 22.5 Å². The monoisotopic (exact) mass is 288 g/mol. The minimum Gasteiger partial charge on any atom is -0.305 e. The van der Waals surface area contributed by atoms with Gasteiger partial charge in [0.15, 0.2) is 0 Å². The Kier molecular flexibility index (Phi) is 5.25. The van der Waals surface area contributed by atoms with Gasteiger partial charge in [0.1, 0.15) is 11.4 Å². The summed E-state index contributed by atoms with van der Waals surface area (Å²) < 4.78 is 0. The van der Waals surface area contributed by atoms with Gasteiger partial charge >= 0.3 is 0 Å². The molecule has 0 saturated carbocycles. The Hall–Kier alpha value is -3.64. The van der Waals surface area contributed by atoms with Crippen molar-refractivity contribution in [2.24, 2.45) is 32.4 Å². The second-order valence-corrected chi connectivity index (χ2v) is 3.97. The Morgan fingerprint density at radius 1 is 0.636 bits per heavy atom. The maximum Gasteiger partial charge on any atom is 0.103 e. The minimum atomic E-state index is 0.594. The van der Waals surface area contributed by atoms with Crippen LogP contribution in [-0.2, 0) is 0 Å². The second kappa shape index (κ2) is 7.83. The average Bonchev–Trinajstić information content (AvgIpc) is 2.55. The van der Waals surface area contributed by atoms with Crippen molar-refractivity contribution >= 4 is 11.4 Å². The van der Waals surface area contributed by atoms with Gasteiger partial charge in [0.05, 0.1) is 11.1 Å². The van der Waals surface area contributed by atoms with Crippen LogP contribution in [0.5, 0.6) is 0 Å². The summed E-state index contributed by atoms with van der Waals surface area (Å²) >= 11 is 0. The third kappa shape index (κ3) is 3.92. The highest BCUT2D eigenvalue weighted by atomic mass is 15.3. The molecule has 0 bridgehead atoms. The third-order valence-corrected chi connectivity index (χ3v) is 2.60. The van der Waals surface area contributed by atoms with Crippen LogP contribution in [0.25, 0.3) is 0 Å². The summed E-state index contributed by atoms with van der Waals surface area (Å²) in [4.78, 5) is 0. The number of hydrogen-bond acceptors (Lipinski definition) is 4. The van der Waals surface area contributed by atoms with E-state index in [1.807, 2.05) is 36.4 Å². The third-order valence-electron chi connectivity index (χ3n) is 2.60. The molecular weight excluding hydrogens is 276 g/mol. The fraction of sp³-hybridized carbons (Fsp3) is 0. The number of nitrogens with two attached hydrogens (primary N) is 2. The van der Waals surface area contributed by atoms with E-state index >= 15 is 0 Å². The van der Waals surface area contributed by atoms with Crippen LogP contribution < -0.4 is 11.7 Å². The topological polar surface area (TPSA) is 101 Å². The molecule has 0 spiro atoms. The largest absolute Gasteiger partial charge is 0.305 e. The summed E-state index contributed by atoms with van der Waals surface area (Å²) in [5, 5.41) is 14.1. The fourth-order valence-corrected chi connectivity index (χ4v) is 1.65. The van der Waals surface area contributed by atoms with Crippen molar-refractivity contribution in [3.05, 3.63) is 59.7 Å². The van der Waals surface area contributed by atoms with Crippen LogP contribution in [0.15, 0.2) is 69.2 Å². The molecule has 6 nitrogen and oxygen atoms in total. The highest BCUT2D eigenvalue weighted by Crippen LogP contribution is 2.18. The molecule has 4 N–H and O–H groups in total. The summed E-state index contributed by atoms with van der Waals surface area (Å²) in [7, 11) is 0. The molecule has 0 fully saturated rings. The number of hydrogen-bond donors (Lipinski definition) is 2. The lowest BCUT2D eigenvalue weighted by molar-refractivity contribution is 1.06. The average molecular weight is 288 g/mol. The van der Waals surface area contributed by atoms with Gasteiger partial charge in [-0.15, -0.1) is 10.2 Å². The van der Waals surface area contributed by atoms with Crippen molar-refractivity contribution in [2.45, 2.75) is 0 Å². The smallest absolute Gasteiger partial charge is 0.103 e. The van der Waals surface area contributed by atoms with E-state index in [0.717, 1.165) is 0 Å². The minimum absolute atomic E-state index is 0.594. The van der Waals surface area contributed by atoms with E-state index in [-0.39, 0.29) is 0 Å². The van der Waals surface area contributed by atoms with Gasteiger partial charge in [0.2, 0.25) is 0 Å². The van der Waals surface area contributed by atoms with Gasteiger partial charge in [-0.05, 0) is 36.1 Å². The lowest BCUT2D eigenvalue weighted by Crippen LogP contribution is -1.79. The molecule has 0 atom stereocenters. The van der Waals surface area contributed by atoms with Crippen LogP contribution in [0, 0.1) is 23.7 Å². The van der Waals surface area contributed by atoms with Crippen LogP contribution in [-0.4, -0.2) is 0 Å². The van der Waals surface area contributed by atoms with Crippen molar-refractivity contribution < 1.29 is 0 Å². The molecule has 0 saturated heterocycles. The number of rotatable bonds is 2. The zero-order valence-corrected chi connectivity index (χ0v) is 11.6. The normalized spacial score (nSPS) is 10.0. The molecule has 2 aromatic carbocycles. The van der Waals surface area contributed by atoms with Crippen molar-refractivity contribution in [2.75, 3.05) is 0 Å². The summed E-state index contributed by atoms with van der Waals surface area (Å²) in [5.41, 5.74) is 2.58. The van der Waals surface area contributed by atoms with Gasteiger partial charge in [-0.2, -0.15) is 0 Å². The lowest BCUT2D eigenvalue weighted by atomic mass is 10.2. The summed E-state index contributed by atoms with van der Waals surface area (Å²) in [6, 6.07) is 14.5. The number of benzene rings is 2. The van der Waals surface area contributed by atoms with Crippen LogP contribution in [0.1, 0.15) is 11.1 Å². The standard InChI is InChI=1S/C16H12N6/c17-21-19-15-11-5-3-9-13(15)7-1-2-8-14-10-4-6-12-16(14)20-22-18/h3-6,9-12H,(H2,17,19)(H2,18,20). The zero-order chi connectivity index (χ0) is 15.6. The van der Waals surface area contributed by atoms with E-state index in [9.17, 15) is 0 Å². The highest BCUT2D eigenvalue weighted by molar-refractivity contribution is 5.58. The van der Waals surface area contributed by atoms with Gasteiger partial charge in [-0.3, -0.25) is 0 Å². The van der Waals surface area contributed by atoms with Crippen LogP contribution in [0.3, 0.4) is 0 Å². The Bertz CT molecular complexity index is 759. The van der Waals surface area contributed by atoms with Crippen molar-refractivity contribution in [3.8, 4) is 23.7 Å². The van der Waals surface area contributed by atoms with Gasteiger partial charge in [-0.25, -0.2) is 0 Å². The van der Waals surface area contributed by atoms with E-state index in [1.54, 1.807) is 12.1 Å². The van der Waals surface area contributed by atoms with Gasteiger partial charge in [0, 0.05) is 0 Å². The van der Waals surface area contributed by atoms with Crippen molar-refractivity contribution in [1.29, 1.82) is 0 Å². The Morgan fingerprint density at radius 3 is 1.45 bits per heavy atom. The molecule has 0 amide bonds. The van der Waals surface area contributed by atoms with E-state index in [1.165, 1.54) is 0 Å². The number of nitrogens with zero attached hydrogens (tertiary/aromatic N) is 4. The molecule has 0 aromatic heterocycles. The Labute approximate surface area is 127 Å². The van der Waals surface area contributed by atoms with Gasteiger partial charge < -0.3 is 11.7 Å². The lowest BCUT2D eigenvalue weighted by Gasteiger charge is -1.94. The molecule has 0 aliphatic carbocycles.